The number of benzene rings is 2. The Balaban J connectivity index is 1.60. The molecule has 2 aromatic carbocycles. The van der Waals surface area contributed by atoms with Gasteiger partial charge in [-0.3, -0.25) is 0 Å². The molecule has 7 nitrogen and oxygen atoms in total. The molecule has 0 bridgehead atoms. The summed E-state index contributed by atoms with van der Waals surface area (Å²) in [6.45, 7) is 0. The van der Waals surface area contributed by atoms with Gasteiger partial charge in [-0.05, 0) is 17.7 Å². The van der Waals surface area contributed by atoms with Crippen molar-refractivity contribution in [2.75, 3.05) is 5.32 Å². The van der Waals surface area contributed by atoms with Crippen LogP contribution >= 0.6 is 0 Å². The van der Waals surface area contributed by atoms with E-state index in [0.29, 0.717) is 5.82 Å². The fourth-order valence-corrected chi connectivity index (χ4v) is 3.45. The largest absolute Gasteiger partial charge is 0.356 e. The van der Waals surface area contributed by atoms with Crippen molar-refractivity contribution < 1.29 is 0 Å². The lowest BCUT2D eigenvalue weighted by atomic mass is 10.1. The number of rotatable bonds is 5. The number of aryl methyl sites for hydroxylation is 1. The van der Waals surface area contributed by atoms with Gasteiger partial charge in [-0.1, -0.05) is 48.5 Å². The third-order valence-corrected chi connectivity index (χ3v) is 4.90. The zero-order chi connectivity index (χ0) is 19.6. The highest BCUT2D eigenvalue weighted by Gasteiger charge is 2.21. The van der Waals surface area contributed by atoms with Crippen LogP contribution in [-0.4, -0.2) is 29.3 Å². The highest BCUT2D eigenvalue weighted by atomic mass is 15.3. The van der Waals surface area contributed by atoms with Crippen molar-refractivity contribution in [3.05, 3.63) is 97.0 Å². The Bertz CT molecular complexity index is 1240. The van der Waals surface area contributed by atoms with Crippen LogP contribution in [0.25, 0.3) is 16.7 Å². The number of para-hydroxylation sites is 1. The van der Waals surface area contributed by atoms with Gasteiger partial charge in [0, 0.05) is 19.4 Å². The number of hydrogen-bond donors (Lipinski definition) is 1. The van der Waals surface area contributed by atoms with Gasteiger partial charge in [-0.2, -0.15) is 5.10 Å². The fraction of sp³-hybridized carbons (Fsp3) is 0.0909. The second-order valence-electron chi connectivity index (χ2n) is 6.74. The van der Waals surface area contributed by atoms with Crippen LogP contribution < -0.4 is 5.32 Å². The highest BCUT2D eigenvalue weighted by molar-refractivity contribution is 5.87. The second kappa shape index (κ2) is 7.20. The van der Waals surface area contributed by atoms with Crippen molar-refractivity contribution in [3.63, 3.8) is 0 Å². The van der Waals surface area contributed by atoms with Crippen molar-refractivity contribution in [2.45, 2.75) is 6.04 Å². The predicted octanol–water partition coefficient (Wildman–Crippen LogP) is 3.75. The van der Waals surface area contributed by atoms with E-state index in [1.807, 2.05) is 71.0 Å². The fourth-order valence-electron chi connectivity index (χ4n) is 3.45. The molecule has 7 heteroatoms. The van der Waals surface area contributed by atoms with Gasteiger partial charge >= 0.3 is 0 Å². The molecular weight excluding hydrogens is 362 g/mol. The number of imidazole rings is 1. The third-order valence-electron chi connectivity index (χ3n) is 4.90. The summed E-state index contributed by atoms with van der Waals surface area (Å²) in [5, 5.41) is 8.95. The molecule has 5 aromatic rings. The summed E-state index contributed by atoms with van der Waals surface area (Å²) < 4.78 is 3.83. The standard InChI is InChI=1S/C22H19N7/c1-28-13-12-23-22(28)19(16-8-4-2-5-9-16)27-20-18-14-26-29(21(18)25-15-24-20)17-10-6-3-7-11-17/h2-15,19H,1H3,(H,24,25,27)/t19-/m1/s1. The molecule has 0 aliphatic carbocycles. The molecule has 0 radical (unpaired) electrons. The van der Waals surface area contributed by atoms with E-state index >= 15 is 0 Å². The minimum absolute atomic E-state index is 0.158. The molecule has 0 unspecified atom stereocenters. The molecule has 0 aliphatic heterocycles. The van der Waals surface area contributed by atoms with Gasteiger partial charge in [0.25, 0.3) is 0 Å². The van der Waals surface area contributed by atoms with Gasteiger partial charge in [0.05, 0.1) is 17.3 Å². The van der Waals surface area contributed by atoms with Crippen molar-refractivity contribution in [3.8, 4) is 5.69 Å². The molecule has 1 atom stereocenters. The highest BCUT2D eigenvalue weighted by Crippen LogP contribution is 2.28. The Morgan fingerprint density at radius 1 is 0.897 bits per heavy atom. The minimum atomic E-state index is -0.158. The number of anilines is 1. The molecule has 0 saturated carbocycles. The molecular formula is C22H19N7. The number of nitrogens with one attached hydrogen (secondary N) is 1. The van der Waals surface area contributed by atoms with Crippen molar-refractivity contribution in [2.24, 2.45) is 7.05 Å². The summed E-state index contributed by atoms with van der Waals surface area (Å²) in [5.74, 6) is 1.62. The van der Waals surface area contributed by atoms with Gasteiger partial charge in [0.2, 0.25) is 0 Å². The van der Waals surface area contributed by atoms with E-state index in [0.717, 1.165) is 28.1 Å². The van der Waals surface area contributed by atoms with Gasteiger partial charge in [-0.25, -0.2) is 19.6 Å². The number of fused-ring (bicyclic) bond motifs is 1. The van der Waals surface area contributed by atoms with Crippen LogP contribution in [0.15, 0.2) is 85.6 Å². The van der Waals surface area contributed by atoms with Crippen LogP contribution in [0.1, 0.15) is 17.4 Å². The lowest BCUT2D eigenvalue weighted by Gasteiger charge is -2.20. The number of nitrogens with zero attached hydrogens (tertiary/aromatic N) is 6. The molecule has 5 rings (SSSR count). The predicted molar refractivity (Wildman–Crippen MR) is 112 cm³/mol. The summed E-state index contributed by atoms with van der Waals surface area (Å²) >= 11 is 0. The molecule has 142 valence electrons. The lowest BCUT2D eigenvalue weighted by Crippen LogP contribution is -2.17. The first-order valence-electron chi connectivity index (χ1n) is 9.34. The lowest BCUT2D eigenvalue weighted by molar-refractivity contribution is 0.746. The smallest absolute Gasteiger partial charge is 0.168 e. The summed E-state index contributed by atoms with van der Waals surface area (Å²) in [6, 6.07) is 20.0. The Labute approximate surface area is 167 Å². The number of hydrogen-bond acceptors (Lipinski definition) is 5. The number of aromatic nitrogens is 6. The van der Waals surface area contributed by atoms with E-state index in [2.05, 4.69) is 37.5 Å². The summed E-state index contributed by atoms with van der Waals surface area (Å²) in [4.78, 5) is 13.5. The Morgan fingerprint density at radius 2 is 1.66 bits per heavy atom. The van der Waals surface area contributed by atoms with E-state index in [-0.39, 0.29) is 6.04 Å². The zero-order valence-corrected chi connectivity index (χ0v) is 15.8. The minimum Gasteiger partial charge on any atom is -0.356 e. The summed E-state index contributed by atoms with van der Waals surface area (Å²) in [5.41, 5.74) is 2.81. The van der Waals surface area contributed by atoms with E-state index in [1.54, 1.807) is 18.7 Å². The molecule has 0 amide bonds. The second-order valence-corrected chi connectivity index (χ2v) is 6.74. The van der Waals surface area contributed by atoms with Crippen LogP contribution in [0.2, 0.25) is 0 Å². The summed E-state index contributed by atoms with van der Waals surface area (Å²) in [7, 11) is 1.99. The molecule has 0 aliphatic rings. The van der Waals surface area contributed by atoms with Crippen LogP contribution in [0.3, 0.4) is 0 Å². The molecule has 0 fully saturated rings. The quantitative estimate of drug-likeness (QED) is 0.502. The third kappa shape index (κ3) is 3.12. The Morgan fingerprint density at radius 3 is 2.38 bits per heavy atom. The van der Waals surface area contributed by atoms with Crippen molar-refractivity contribution in [1.82, 2.24) is 29.3 Å². The Hall–Kier alpha value is -4.00. The maximum atomic E-state index is 4.56. The van der Waals surface area contributed by atoms with E-state index in [9.17, 15) is 0 Å². The molecule has 1 N–H and O–H groups in total. The maximum absolute atomic E-state index is 4.56. The van der Waals surface area contributed by atoms with Gasteiger partial charge < -0.3 is 9.88 Å². The van der Waals surface area contributed by atoms with Crippen LogP contribution in [0.4, 0.5) is 5.82 Å². The normalized spacial score (nSPS) is 12.2. The first-order chi connectivity index (χ1) is 14.3. The first-order valence-corrected chi connectivity index (χ1v) is 9.34. The van der Waals surface area contributed by atoms with Gasteiger partial charge in [-0.15, -0.1) is 0 Å². The topological polar surface area (TPSA) is 73.5 Å². The van der Waals surface area contributed by atoms with Crippen LogP contribution in [0.5, 0.6) is 0 Å². The molecule has 3 heterocycles. The average molecular weight is 381 g/mol. The van der Waals surface area contributed by atoms with Crippen LogP contribution in [-0.2, 0) is 7.05 Å². The zero-order valence-electron chi connectivity index (χ0n) is 15.8. The van der Waals surface area contributed by atoms with E-state index in [1.165, 1.54) is 0 Å². The van der Waals surface area contributed by atoms with Gasteiger partial charge in [0.15, 0.2) is 5.65 Å². The first kappa shape index (κ1) is 17.1. The monoisotopic (exact) mass is 381 g/mol. The maximum Gasteiger partial charge on any atom is 0.168 e. The van der Waals surface area contributed by atoms with E-state index < -0.39 is 0 Å². The molecule has 29 heavy (non-hydrogen) atoms. The molecule has 0 saturated heterocycles. The van der Waals surface area contributed by atoms with Crippen molar-refractivity contribution in [1.29, 1.82) is 0 Å². The average Bonchev–Trinajstić information content (AvgIpc) is 3.40. The molecule has 0 spiro atoms. The summed E-state index contributed by atoms with van der Waals surface area (Å²) in [6.07, 6.45) is 7.10. The SMILES string of the molecule is Cn1ccnc1[C@H](Nc1ncnc2c1cnn2-c1ccccc1)c1ccccc1. The Kier molecular flexibility index (Phi) is 4.25. The van der Waals surface area contributed by atoms with Crippen LogP contribution in [0, 0.1) is 0 Å². The van der Waals surface area contributed by atoms with E-state index in [4.69, 9.17) is 0 Å². The van der Waals surface area contributed by atoms with Gasteiger partial charge in [0.1, 0.15) is 24.0 Å². The molecule has 3 aromatic heterocycles. The van der Waals surface area contributed by atoms with Crippen molar-refractivity contribution >= 4 is 16.9 Å².